The third-order valence-electron chi connectivity index (χ3n) is 1.83. The van der Waals surface area contributed by atoms with Gasteiger partial charge in [-0.2, -0.15) is 0 Å². The second-order valence-corrected chi connectivity index (χ2v) is 3.05. The summed E-state index contributed by atoms with van der Waals surface area (Å²) in [5.74, 6) is 0. The van der Waals surface area contributed by atoms with E-state index < -0.39 is 0 Å². The van der Waals surface area contributed by atoms with E-state index in [0.717, 1.165) is 19.5 Å². The van der Waals surface area contributed by atoms with Crippen LogP contribution in [0.1, 0.15) is 32.6 Å². The molecule has 0 spiro atoms. The molecule has 0 aromatic rings. The molecule has 0 fully saturated rings. The van der Waals surface area contributed by atoms with Gasteiger partial charge in [0.1, 0.15) is 0 Å². The molecule has 0 aromatic carbocycles. The molecule has 0 heterocycles. The van der Waals surface area contributed by atoms with E-state index in [-0.39, 0.29) is 0 Å². The Morgan fingerprint density at radius 3 is 2.58 bits per heavy atom. The molecule has 2 nitrogen and oxygen atoms in total. The van der Waals surface area contributed by atoms with Crippen LogP contribution in [0.15, 0.2) is 12.3 Å². The normalized spacial score (nSPS) is 9.83. The topological polar surface area (TPSA) is 24.1 Å². The van der Waals surface area contributed by atoms with Gasteiger partial charge in [-0.05, 0) is 39.8 Å². The Bertz CT molecular complexity index is 110. The van der Waals surface area contributed by atoms with Gasteiger partial charge < -0.3 is 10.6 Å². The van der Waals surface area contributed by atoms with Crippen LogP contribution in [0.2, 0.25) is 0 Å². The minimum atomic E-state index is 0.995. The molecule has 2 heteroatoms. The van der Waals surface area contributed by atoms with Gasteiger partial charge in [-0.3, -0.25) is 0 Å². The highest BCUT2D eigenvalue weighted by molar-refractivity contribution is 4.89. The largest absolute Gasteiger partial charge is 0.389 e. The maximum absolute atomic E-state index is 3.94. The number of hydrogen-bond acceptors (Lipinski definition) is 2. The summed E-state index contributed by atoms with van der Waals surface area (Å²) in [7, 11) is 2.00. The van der Waals surface area contributed by atoms with Crippen molar-refractivity contribution in [2.24, 2.45) is 0 Å². The Kier molecular flexibility index (Phi) is 8.24. The van der Waals surface area contributed by atoms with Crippen LogP contribution in [0.25, 0.3) is 0 Å². The molecule has 0 rings (SSSR count). The molecule has 0 radical (unpaired) electrons. The molecule has 72 valence electrons. The maximum atomic E-state index is 3.94. The molecular weight excluding hydrogens is 148 g/mol. The first-order chi connectivity index (χ1) is 5.81. The highest BCUT2D eigenvalue weighted by Crippen LogP contribution is 2.03. The van der Waals surface area contributed by atoms with Crippen molar-refractivity contribution in [3.05, 3.63) is 12.3 Å². The Balaban J connectivity index is 3.03. The third kappa shape index (κ3) is 7.61. The molecule has 0 aliphatic heterocycles. The summed E-state index contributed by atoms with van der Waals surface area (Å²) in [6.45, 7) is 8.17. The predicted molar refractivity (Wildman–Crippen MR) is 55.2 cm³/mol. The third-order valence-corrected chi connectivity index (χ3v) is 1.83. The molecule has 0 saturated heterocycles. The van der Waals surface area contributed by atoms with Gasteiger partial charge in [-0.15, -0.1) is 0 Å². The van der Waals surface area contributed by atoms with Gasteiger partial charge in [0, 0.05) is 12.2 Å². The van der Waals surface area contributed by atoms with Crippen LogP contribution in [-0.4, -0.2) is 20.1 Å². The van der Waals surface area contributed by atoms with Crippen molar-refractivity contribution in [1.82, 2.24) is 10.6 Å². The van der Waals surface area contributed by atoms with Crippen LogP contribution < -0.4 is 10.6 Å². The van der Waals surface area contributed by atoms with E-state index in [4.69, 9.17) is 0 Å². The minimum absolute atomic E-state index is 0.995. The lowest BCUT2D eigenvalue weighted by atomic mass is 10.1. The van der Waals surface area contributed by atoms with Gasteiger partial charge in [0.05, 0.1) is 0 Å². The summed E-state index contributed by atoms with van der Waals surface area (Å²) >= 11 is 0. The Morgan fingerprint density at radius 2 is 2.00 bits per heavy atom. The van der Waals surface area contributed by atoms with Gasteiger partial charge in [0.15, 0.2) is 0 Å². The molecule has 0 bridgehead atoms. The quantitative estimate of drug-likeness (QED) is 0.544. The van der Waals surface area contributed by atoms with Crippen LogP contribution in [-0.2, 0) is 0 Å². The Labute approximate surface area is 76.4 Å². The zero-order valence-corrected chi connectivity index (χ0v) is 8.45. The van der Waals surface area contributed by atoms with Crippen molar-refractivity contribution < 1.29 is 0 Å². The van der Waals surface area contributed by atoms with Crippen LogP contribution >= 0.6 is 0 Å². The van der Waals surface area contributed by atoms with Crippen molar-refractivity contribution in [2.45, 2.75) is 32.6 Å². The van der Waals surface area contributed by atoms with Gasteiger partial charge in [-0.25, -0.2) is 0 Å². The zero-order chi connectivity index (χ0) is 9.23. The number of unbranched alkanes of at least 4 members (excludes halogenated alkanes) is 2. The zero-order valence-electron chi connectivity index (χ0n) is 8.45. The van der Waals surface area contributed by atoms with E-state index in [1.54, 1.807) is 0 Å². The number of hydrogen-bond donors (Lipinski definition) is 2. The molecule has 0 unspecified atom stereocenters. The molecule has 0 saturated carbocycles. The first-order valence-electron chi connectivity index (χ1n) is 4.87. The van der Waals surface area contributed by atoms with Crippen molar-refractivity contribution in [2.75, 3.05) is 20.1 Å². The van der Waals surface area contributed by atoms with Gasteiger partial charge in [0.2, 0.25) is 0 Å². The summed E-state index contributed by atoms with van der Waals surface area (Å²) in [5.41, 5.74) is 1.18. The first kappa shape index (κ1) is 11.5. The fourth-order valence-electron chi connectivity index (χ4n) is 1.16. The molecule has 0 aromatic heterocycles. The van der Waals surface area contributed by atoms with Gasteiger partial charge in [0.25, 0.3) is 0 Å². The van der Waals surface area contributed by atoms with Crippen LogP contribution in [0.3, 0.4) is 0 Å². The van der Waals surface area contributed by atoms with Crippen LogP contribution in [0.4, 0.5) is 0 Å². The van der Waals surface area contributed by atoms with Gasteiger partial charge >= 0.3 is 0 Å². The van der Waals surface area contributed by atoms with Crippen molar-refractivity contribution in [3.63, 3.8) is 0 Å². The van der Waals surface area contributed by atoms with Gasteiger partial charge in [-0.1, -0.05) is 13.0 Å². The van der Waals surface area contributed by atoms with Crippen molar-refractivity contribution in [3.8, 4) is 0 Å². The summed E-state index contributed by atoms with van der Waals surface area (Å²) in [5, 5.41) is 6.37. The standard InChI is InChI=1S/C10H22N2/c1-4-12-10(2)8-6-5-7-9-11-3/h11-12H,2,4-9H2,1,3H3. The summed E-state index contributed by atoms with van der Waals surface area (Å²) in [4.78, 5) is 0. The van der Waals surface area contributed by atoms with E-state index in [2.05, 4.69) is 24.1 Å². The minimum Gasteiger partial charge on any atom is -0.389 e. The molecule has 0 amide bonds. The van der Waals surface area contributed by atoms with E-state index in [1.807, 2.05) is 7.05 Å². The van der Waals surface area contributed by atoms with Crippen LogP contribution in [0, 0.1) is 0 Å². The Morgan fingerprint density at radius 1 is 1.25 bits per heavy atom. The summed E-state index contributed by atoms with van der Waals surface area (Å²) < 4.78 is 0. The van der Waals surface area contributed by atoms with E-state index >= 15 is 0 Å². The first-order valence-corrected chi connectivity index (χ1v) is 4.87. The average molecular weight is 170 g/mol. The van der Waals surface area contributed by atoms with E-state index in [1.165, 1.54) is 25.0 Å². The fourth-order valence-corrected chi connectivity index (χ4v) is 1.16. The predicted octanol–water partition coefficient (Wildman–Crippen LogP) is 1.89. The molecule has 12 heavy (non-hydrogen) atoms. The highest BCUT2D eigenvalue weighted by Gasteiger charge is 1.91. The number of rotatable bonds is 8. The lowest BCUT2D eigenvalue weighted by Gasteiger charge is -2.06. The molecular formula is C10H22N2. The second-order valence-electron chi connectivity index (χ2n) is 3.05. The summed E-state index contributed by atoms with van der Waals surface area (Å²) in [6.07, 6.45) is 4.95. The lowest BCUT2D eigenvalue weighted by Crippen LogP contribution is -2.11. The lowest BCUT2D eigenvalue weighted by molar-refractivity contribution is 0.626. The maximum Gasteiger partial charge on any atom is 0.0115 e. The SMILES string of the molecule is C=C(CCCCCNC)NCC. The van der Waals surface area contributed by atoms with Crippen molar-refractivity contribution in [1.29, 1.82) is 0 Å². The average Bonchev–Trinajstić information content (AvgIpc) is 2.05. The highest BCUT2D eigenvalue weighted by atomic mass is 14.9. The monoisotopic (exact) mass is 170 g/mol. The smallest absolute Gasteiger partial charge is 0.0115 e. The second kappa shape index (κ2) is 8.60. The van der Waals surface area contributed by atoms with E-state index in [9.17, 15) is 0 Å². The number of nitrogens with one attached hydrogen (secondary N) is 2. The molecule has 0 atom stereocenters. The number of allylic oxidation sites excluding steroid dienone is 1. The molecule has 0 aliphatic carbocycles. The molecule has 2 N–H and O–H groups in total. The van der Waals surface area contributed by atoms with Crippen LogP contribution in [0.5, 0.6) is 0 Å². The fraction of sp³-hybridized carbons (Fsp3) is 0.800. The molecule has 0 aliphatic rings. The van der Waals surface area contributed by atoms with Crippen molar-refractivity contribution >= 4 is 0 Å². The van der Waals surface area contributed by atoms with E-state index in [0.29, 0.717) is 0 Å². The Hall–Kier alpha value is -0.500. The summed E-state index contributed by atoms with van der Waals surface area (Å²) in [6, 6.07) is 0.